The zero-order valence-corrected chi connectivity index (χ0v) is 13.9. The van der Waals surface area contributed by atoms with Crippen LogP contribution in [-0.4, -0.2) is 22.0 Å². The summed E-state index contributed by atoms with van der Waals surface area (Å²) >= 11 is 0. The summed E-state index contributed by atoms with van der Waals surface area (Å²) in [4.78, 5) is 26.3. The molecule has 5 heteroatoms. The monoisotopic (exact) mass is 337 g/mol. The Morgan fingerprint density at radius 1 is 1.12 bits per heavy atom. The average molecular weight is 337 g/mol. The topological polar surface area (TPSA) is 79.4 Å². The van der Waals surface area contributed by atoms with Crippen molar-refractivity contribution in [3.63, 3.8) is 0 Å². The highest BCUT2D eigenvalue weighted by molar-refractivity contribution is 5.96. The molecular weight excluding hydrogens is 318 g/mol. The SMILES string of the molecule is Cc1c(CCC(=O)O)[nH]c2ccc(C(=O)OCc3ccccc3)cc12. The van der Waals surface area contributed by atoms with Crippen molar-refractivity contribution in [2.75, 3.05) is 0 Å². The second-order valence-electron chi connectivity index (χ2n) is 5.94. The lowest BCUT2D eigenvalue weighted by atomic mass is 10.1. The number of carboxylic acids is 1. The van der Waals surface area contributed by atoms with Crippen molar-refractivity contribution in [3.05, 3.63) is 70.9 Å². The van der Waals surface area contributed by atoms with Crippen LogP contribution < -0.4 is 0 Å². The van der Waals surface area contributed by atoms with Crippen LogP contribution in [0, 0.1) is 6.92 Å². The van der Waals surface area contributed by atoms with Crippen LogP contribution >= 0.6 is 0 Å². The van der Waals surface area contributed by atoms with E-state index in [2.05, 4.69) is 4.98 Å². The van der Waals surface area contributed by atoms with Gasteiger partial charge >= 0.3 is 11.9 Å². The molecule has 1 aromatic heterocycles. The summed E-state index contributed by atoms with van der Waals surface area (Å²) in [5.41, 5.74) is 4.15. The second kappa shape index (κ2) is 7.21. The summed E-state index contributed by atoms with van der Waals surface area (Å²) in [6.07, 6.45) is 0.503. The fourth-order valence-electron chi connectivity index (χ4n) is 2.80. The van der Waals surface area contributed by atoms with Crippen molar-refractivity contribution in [3.8, 4) is 0 Å². The smallest absolute Gasteiger partial charge is 0.338 e. The van der Waals surface area contributed by atoms with Crippen LogP contribution in [0.25, 0.3) is 10.9 Å². The van der Waals surface area contributed by atoms with Gasteiger partial charge in [0, 0.05) is 16.6 Å². The van der Waals surface area contributed by atoms with Crippen LogP contribution in [0.15, 0.2) is 48.5 Å². The molecule has 25 heavy (non-hydrogen) atoms. The first kappa shape index (κ1) is 16.8. The molecule has 0 spiro atoms. The highest BCUT2D eigenvalue weighted by atomic mass is 16.5. The van der Waals surface area contributed by atoms with Gasteiger partial charge < -0.3 is 14.8 Å². The molecule has 0 aliphatic heterocycles. The number of aromatic nitrogens is 1. The second-order valence-corrected chi connectivity index (χ2v) is 5.94. The molecule has 5 nitrogen and oxygen atoms in total. The zero-order valence-electron chi connectivity index (χ0n) is 13.9. The van der Waals surface area contributed by atoms with Crippen LogP contribution in [0.5, 0.6) is 0 Å². The van der Waals surface area contributed by atoms with Gasteiger partial charge in [0.2, 0.25) is 0 Å². The standard InChI is InChI=1S/C20H19NO4/c1-13-16-11-15(20(24)25-12-14-5-3-2-4-6-14)7-8-18(16)21-17(13)9-10-19(22)23/h2-8,11,21H,9-10,12H2,1H3,(H,22,23). The number of benzene rings is 2. The summed E-state index contributed by atoms with van der Waals surface area (Å²) < 4.78 is 5.36. The van der Waals surface area contributed by atoms with E-state index in [0.29, 0.717) is 12.0 Å². The van der Waals surface area contributed by atoms with Gasteiger partial charge in [0.25, 0.3) is 0 Å². The van der Waals surface area contributed by atoms with Crippen molar-refractivity contribution in [2.24, 2.45) is 0 Å². The van der Waals surface area contributed by atoms with Crippen molar-refractivity contribution in [1.29, 1.82) is 0 Å². The molecule has 0 unspecified atom stereocenters. The number of H-pyrrole nitrogens is 1. The van der Waals surface area contributed by atoms with Gasteiger partial charge in [-0.1, -0.05) is 30.3 Å². The van der Waals surface area contributed by atoms with E-state index in [1.165, 1.54) is 0 Å². The molecule has 0 saturated carbocycles. The minimum Gasteiger partial charge on any atom is -0.481 e. The van der Waals surface area contributed by atoms with Gasteiger partial charge in [-0.2, -0.15) is 0 Å². The van der Waals surface area contributed by atoms with Gasteiger partial charge in [-0.25, -0.2) is 4.79 Å². The third-order valence-electron chi connectivity index (χ3n) is 4.20. The van der Waals surface area contributed by atoms with E-state index in [1.807, 2.05) is 43.3 Å². The fourth-order valence-corrected chi connectivity index (χ4v) is 2.80. The zero-order chi connectivity index (χ0) is 17.8. The number of aliphatic carboxylic acids is 1. The van der Waals surface area contributed by atoms with E-state index in [1.54, 1.807) is 12.1 Å². The summed E-state index contributed by atoms with van der Waals surface area (Å²) in [5.74, 6) is -1.21. The molecule has 2 N–H and O–H groups in total. The number of carboxylic acid groups (broad SMARTS) is 1. The van der Waals surface area contributed by atoms with Gasteiger partial charge in [-0.05, 0) is 42.7 Å². The first-order valence-corrected chi connectivity index (χ1v) is 8.08. The Labute approximate surface area is 145 Å². The number of ether oxygens (including phenoxy) is 1. The predicted molar refractivity (Wildman–Crippen MR) is 94.6 cm³/mol. The number of carbonyl (C=O) groups excluding carboxylic acids is 1. The maximum absolute atomic E-state index is 12.3. The minimum absolute atomic E-state index is 0.0691. The first-order chi connectivity index (χ1) is 12.0. The van der Waals surface area contributed by atoms with E-state index in [-0.39, 0.29) is 19.0 Å². The van der Waals surface area contributed by atoms with Crippen LogP contribution in [0.2, 0.25) is 0 Å². The number of aryl methyl sites for hydroxylation is 2. The molecule has 128 valence electrons. The molecule has 0 saturated heterocycles. The average Bonchev–Trinajstić information content (AvgIpc) is 2.94. The third kappa shape index (κ3) is 3.88. The minimum atomic E-state index is -0.830. The van der Waals surface area contributed by atoms with Crippen molar-refractivity contribution >= 4 is 22.8 Å². The number of hydrogen-bond donors (Lipinski definition) is 2. The fraction of sp³-hybridized carbons (Fsp3) is 0.200. The lowest BCUT2D eigenvalue weighted by Crippen LogP contribution is -2.05. The van der Waals surface area contributed by atoms with Crippen LogP contribution in [0.4, 0.5) is 0 Å². The van der Waals surface area contributed by atoms with Gasteiger partial charge in [-0.3, -0.25) is 4.79 Å². The van der Waals surface area contributed by atoms with E-state index < -0.39 is 5.97 Å². The van der Waals surface area contributed by atoms with Crippen LogP contribution in [0.3, 0.4) is 0 Å². The van der Waals surface area contributed by atoms with Crippen LogP contribution in [0.1, 0.15) is 33.6 Å². The maximum Gasteiger partial charge on any atom is 0.338 e. The third-order valence-corrected chi connectivity index (χ3v) is 4.20. The highest BCUT2D eigenvalue weighted by Crippen LogP contribution is 2.24. The molecule has 0 aliphatic carbocycles. The summed E-state index contributed by atoms with van der Waals surface area (Å²) in [6, 6.07) is 14.9. The molecule has 2 aromatic carbocycles. The number of nitrogens with one attached hydrogen (secondary N) is 1. The van der Waals surface area contributed by atoms with Crippen molar-refractivity contribution in [1.82, 2.24) is 4.98 Å². The summed E-state index contributed by atoms with van der Waals surface area (Å²) in [7, 11) is 0. The highest BCUT2D eigenvalue weighted by Gasteiger charge is 2.13. The Kier molecular flexibility index (Phi) is 4.84. The number of esters is 1. The molecule has 1 heterocycles. The largest absolute Gasteiger partial charge is 0.481 e. The quantitative estimate of drug-likeness (QED) is 0.670. The number of aromatic amines is 1. The first-order valence-electron chi connectivity index (χ1n) is 8.08. The van der Waals surface area contributed by atoms with E-state index in [4.69, 9.17) is 9.84 Å². The number of hydrogen-bond acceptors (Lipinski definition) is 3. The summed E-state index contributed by atoms with van der Waals surface area (Å²) in [6.45, 7) is 2.16. The summed E-state index contributed by atoms with van der Waals surface area (Å²) in [5, 5.41) is 9.75. The number of carbonyl (C=O) groups is 2. The Balaban J connectivity index is 1.76. The van der Waals surface area contributed by atoms with Gasteiger partial charge in [0.05, 0.1) is 12.0 Å². The van der Waals surface area contributed by atoms with Crippen molar-refractivity contribution in [2.45, 2.75) is 26.4 Å². The lowest BCUT2D eigenvalue weighted by molar-refractivity contribution is -0.136. The normalized spacial score (nSPS) is 10.8. The van der Waals surface area contributed by atoms with Gasteiger partial charge in [-0.15, -0.1) is 0 Å². The lowest BCUT2D eigenvalue weighted by Gasteiger charge is -2.05. The molecule has 3 rings (SSSR count). The molecular formula is C20H19NO4. The predicted octanol–water partition coefficient (Wildman–Crippen LogP) is 3.85. The molecule has 0 fully saturated rings. The van der Waals surface area contributed by atoms with Crippen molar-refractivity contribution < 1.29 is 19.4 Å². The Morgan fingerprint density at radius 3 is 2.60 bits per heavy atom. The molecule has 0 radical (unpaired) electrons. The van der Waals surface area contributed by atoms with Gasteiger partial charge in [0.15, 0.2) is 0 Å². The van der Waals surface area contributed by atoms with E-state index in [9.17, 15) is 9.59 Å². The van der Waals surface area contributed by atoms with Gasteiger partial charge in [0.1, 0.15) is 6.61 Å². The Morgan fingerprint density at radius 2 is 1.88 bits per heavy atom. The maximum atomic E-state index is 12.3. The number of fused-ring (bicyclic) bond motifs is 1. The van der Waals surface area contributed by atoms with E-state index >= 15 is 0 Å². The molecule has 0 amide bonds. The molecule has 0 atom stereocenters. The molecule has 0 aliphatic rings. The van der Waals surface area contributed by atoms with Crippen LogP contribution in [-0.2, 0) is 22.6 Å². The Hall–Kier alpha value is -3.08. The molecule has 3 aromatic rings. The Bertz CT molecular complexity index is 912. The van der Waals surface area contributed by atoms with E-state index in [0.717, 1.165) is 27.7 Å². The molecule has 0 bridgehead atoms. The number of rotatable bonds is 6.